The topological polar surface area (TPSA) is 114 Å². The number of carbonyl (C=O) groups is 1. The van der Waals surface area contributed by atoms with E-state index in [-0.39, 0.29) is 22.9 Å². The van der Waals surface area contributed by atoms with Crippen molar-refractivity contribution >= 4 is 11.7 Å². The van der Waals surface area contributed by atoms with Crippen molar-refractivity contribution in [1.82, 2.24) is 9.78 Å². The summed E-state index contributed by atoms with van der Waals surface area (Å²) in [6.07, 6.45) is 0.537. The average Bonchev–Trinajstić information content (AvgIpc) is 2.50. The Bertz CT molecular complexity index is 813. The highest BCUT2D eigenvalue weighted by Gasteiger charge is 2.22. The van der Waals surface area contributed by atoms with Crippen molar-refractivity contribution in [2.45, 2.75) is 20.3 Å². The molecule has 0 saturated carbocycles. The molecular formula is C15H17N3O5. The first-order chi connectivity index (χ1) is 10.9. The van der Waals surface area contributed by atoms with Gasteiger partial charge in [0.1, 0.15) is 5.75 Å². The Kier molecular flexibility index (Phi) is 4.65. The molecule has 8 heteroatoms. The van der Waals surface area contributed by atoms with Gasteiger partial charge in [0.15, 0.2) is 0 Å². The van der Waals surface area contributed by atoms with Gasteiger partial charge < -0.3 is 15.3 Å². The minimum absolute atomic E-state index is 0.0469. The van der Waals surface area contributed by atoms with E-state index in [0.29, 0.717) is 17.5 Å². The second kappa shape index (κ2) is 6.49. The molecule has 0 aliphatic carbocycles. The minimum Gasteiger partial charge on any atom is -0.508 e. The molecule has 122 valence electrons. The highest BCUT2D eigenvalue weighted by Crippen LogP contribution is 2.35. The zero-order chi connectivity index (χ0) is 17.1. The molecule has 0 aliphatic rings. The van der Waals surface area contributed by atoms with Gasteiger partial charge in [0.05, 0.1) is 5.56 Å². The largest absolute Gasteiger partial charge is 0.508 e. The van der Waals surface area contributed by atoms with Crippen molar-refractivity contribution in [3.05, 3.63) is 34.1 Å². The maximum absolute atomic E-state index is 12.5. The van der Waals surface area contributed by atoms with E-state index >= 15 is 0 Å². The zero-order valence-electron chi connectivity index (χ0n) is 13.0. The van der Waals surface area contributed by atoms with E-state index in [1.807, 2.05) is 6.92 Å². The first-order valence-corrected chi connectivity index (χ1v) is 6.91. The van der Waals surface area contributed by atoms with Crippen LogP contribution in [0.15, 0.2) is 23.0 Å². The summed E-state index contributed by atoms with van der Waals surface area (Å²) in [6, 6.07) is 4.49. The Morgan fingerprint density at radius 1 is 1.43 bits per heavy atom. The second-order valence-electron chi connectivity index (χ2n) is 4.95. The maximum Gasteiger partial charge on any atom is 0.278 e. The normalized spacial score (nSPS) is 10.4. The molecule has 0 radical (unpaired) electrons. The third-order valence-electron chi connectivity index (χ3n) is 3.32. The van der Waals surface area contributed by atoms with E-state index in [2.05, 4.69) is 15.3 Å². The monoisotopic (exact) mass is 319 g/mol. The van der Waals surface area contributed by atoms with E-state index in [0.717, 1.165) is 4.68 Å². The Morgan fingerprint density at radius 3 is 2.70 bits per heavy atom. The number of hydrogen-bond acceptors (Lipinski definition) is 6. The summed E-state index contributed by atoms with van der Waals surface area (Å²) >= 11 is 0. The fourth-order valence-corrected chi connectivity index (χ4v) is 2.31. The lowest BCUT2D eigenvalue weighted by Gasteiger charge is -2.14. The molecule has 1 aromatic carbocycles. The smallest absolute Gasteiger partial charge is 0.278 e. The molecule has 2 rings (SSSR count). The van der Waals surface area contributed by atoms with Gasteiger partial charge in [-0.2, -0.15) is 0 Å². The molecule has 0 atom stereocenters. The molecule has 0 saturated heterocycles. The van der Waals surface area contributed by atoms with Crippen LogP contribution in [0.25, 0.3) is 11.1 Å². The molecule has 1 amide bonds. The lowest BCUT2D eigenvalue weighted by molar-refractivity contribution is -0.136. The lowest BCUT2D eigenvalue weighted by atomic mass is 9.98. The number of rotatable bonds is 4. The standard InChI is InChI=1S/C15H17N3O5/c1-4-9-7-10(20)5-6-11(9)12-13(23-22)14(16-8(2)19)17-18(3)15(12)21/h5-7,20,22H,4H2,1-3H3,(H,16,17,19). The summed E-state index contributed by atoms with van der Waals surface area (Å²) in [5.74, 6) is -0.692. The van der Waals surface area contributed by atoms with Gasteiger partial charge >= 0.3 is 0 Å². The zero-order valence-corrected chi connectivity index (χ0v) is 13.0. The number of aryl methyl sites for hydroxylation is 2. The molecular weight excluding hydrogens is 302 g/mol. The molecule has 8 nitrogen and oxygen atoms in total. The molecule has 1 aromatic heterocycles. The quantitative estimate of drug-likeness (QED) is 0.581. The van der Waals surface area contributed by atoms with E-state index in [9.17, 15) is 20.0 Å². The second-order valence-corrected chi connectivity index (χ2v) is 4.95. The summed E-state index contributed by atoms with van der Waals surface area (Å²) in [5.41, 5.74) is 0.693. The Balaban J connectivity index is 2.83. The Labute approximate surface area is 131 Å². The van der Waals surface area contributed by atoms with Crippen molar-refractivity contribution in [1.29, 1.82) is 0 Å². The Morgan fingerprint density at radius 2 is 2.13 bits per heavy atom. The van der Waals surface area contributed by atoms with Crippen LogP contribution in [0.2, 0.25) is 0 Å². The van der Waals surface area contributed by atoms with Crippen molar-refractivity contribution in [2.24, 2.45) is 7.05 Å². The highest BCUT2D eigenvalue weighted by molar-refractivity contribution is 5.91. The van der Waals surface area contributed by atoms with Crippen LogP contribution in [0.3, 0.4) is 0 Å². The van der Waals surface area contributed by atoms with Crippen LogP contribution in [0.5, 0.6) is 11.5 Å². The van der Waals surface area contributed by atoms with Crippen molar-refractivity contribution in [3.8, 4) is 22.6 Å². The van der Waals surface area contributed by atoms with Crippen molar-refractivity contribution in [2.75, 3.05) is 5.32 Å². The van der Waals surface area contributed by atoms with Crippen LogP contribution in [-0.2, 0) is 18.3 Å². The predicted octanol–water partition coefficient (Wildman–Crippen LogP) is 1.53. The molecule has 23 heavy (non-hydrogen) atoms. The molecule has 0 unspecified atom stereocenters. The number of hydrogen-bond donors (Lipinski definition) is 3. The molecule has 0 bridgehead atoms. The molecule has 0 spiro atoms. The maximum atomic E-state index is 12.5. The number of phenols is 1. The molecule has 2 aromatic rings. The molecule has 0 fully saturated rings. The van der Waals surface area contributed by atoms with Gasteiger partial charge in [0, 0.05) is 14.0 Å². The lowest BCUT2D eigenvalue weighted by Crippen LogP contribution is -2.25. The van der Waals surface area contributed by atoms with E-state index in [1.165, 1.54) is 26.1 Å². The van der Waals surface area contributed by atoms with Gasteiger partial charge in [0.25, 0.3) is 5.56 Å². The number of nitrogens with zero attached hydrogens (tertiary/aromatic N) is 2. The van der Waals surface area contributed by atoms with Gasteiger partial charge in [-0.05, 0) is 29.7 Å². The van der Waals surface area contributed by atoms with Crippen LogP contribution < -0.4 is 15.8 Å². The van der Waals surface area contributed by atoms with Crippen LogP contribution in [0.1, 0.15) is 19.4 Å². The van der Waals surface area contributed by atoms with E-state index < -0.39 is 11.5 Å². The van der Waals surface area contributed by atoms with Crippen molar-refractivity contribution < 1.29 is 20.0 Å². The summed E-state index contributed by atoms with van der Waals surface area (Å²) in [6.45, 7) is 3.13. The number of benzene rings is 1. The van der Waals surface area contributed by atoms with Crippen LogP contribution in [0, 0.1) is 0 Å². The SMILES string of the molecule is CCc1cc(O)ccc1-c1c(OO)c(NC(C)=O)nn(C)c1=O. The Hall–Kier alpha value is -2.87. The van der Waals surface area contributed by atoms with Crippen LogP contribution >= 0.6 is 0 Å². The number of aromatic hydroxyl groups is 1. The fraction of sp³-hybridized carbons (Fsp3) is 0.267. The minimum atomic E-state index is -0.511. The first kappa shape index (κ1) is 16.5. The predicted molar refractivity (Wildman–Crippen MR) is 83.5 cm³/mol. The van der Waals surface area contributed by atoms with Gasteiger partial charge in [-0.25, -0.2) is 9.94 Å². The first-order valence-electron chi connectivity index (χ1n) is 6.91. The van der Waals surface area contributed by atoms with Crippen molar-refractivity contribution in [3.63, 3.8) is 0 Å². The average molecular weight is 319 g/mol. The summed E-state index contributed by atoms with van der Waals surface area (Å²) in [7, 11) is 1.42. The highest BCUT2D eigenvalue weighted by atomic mass is 17.1. The third kappa shape index (κ3) is 3.16. The number of nitrogens with one attached hydrogen (secondary N) is 1. The summed E-state index contributed by atoms with van der Waals surface area (Å²) < 4.78 is 1.04. The summed E-state index contributed by atoms with van der Waals surface area (Å²) in [5, 5.41) is 25.1. The van der Waals surface area contributed by atoms with Gasteiger partial charge in [0.2, 0.25) is 17.5 Å². The van der Waals surface area contributed by atoms with E-state index in [4.69, 9.17) is 0 Å². The van der Waals surface area contributed by atoms with Gasteiger partial charge in [-0.3, -0.25) is 9.59 Å². The number of anilines is 1. The van der Waals surface area contributed by atoms with Crippen LogP contribution in [-0.4, -0.2) is 26.1 Å². The number of amides is 1. The van der Waals surface area contributed by atoms with Gasteiger partial charge in [-0.15, -0.1) is 5.10 Å². The number of carbonyl (C=O) groups excluding carboxylic acids is 1. The van der Waals surface area contributed by atoms with Gasteiger partial charge in [-0.1, -0.05) is 13.0 Å². The molecule has 1 heterocycles. The van der Waals surface area contributed by atoms with E-state index in [1.54, 1.807) is 6.07 Å². The summed E-state index contributed by atoms with van der Waals surface area (Å²) in [4.78, 5) is 28.1. The number of aromatic nitrogens is 2. The molecule has 0 aliphatic heterocycles. The van der Waals surface area contributed by atoms with Crippen LogP contribution in [0.4, 0.5) is 5.82 Å². The third-order valence-corrected chi connectivity index (χ3v) is 3.32. The molecule has 3 N–H and O–H groups in total. The fourth-order valence-electron chi connectivity index (χ4n) is 2.31. The number of phenolic OH excluding ortho intramolecular Hbond substituents is 1.